The first-order chi connectivity index (χ1) is 13.7. The molecule has 0 aliphatic heterocycles. The van der Waals surface area contributed by atoms with Gasteiger partial charge in [-0.3, -0.25) is 4.79 Å². The van der Waals surface area contributed by atoms with Crippen LogP contribution in [0.5, 0.6) is 17.2 Å². The molecule has 0 bridgehead atoms. The molecule has 0 aromatic heterocycles. The number of hydrazone groups is 1. The standard InChI is InChI=1S/C22H22N2O4/c1-4-13-27-19-10-8-7-9-18(19)16-23-24-22(25)17-11-12-20(28-14-5-2)21(15-17)26-6-3/h1,5,7-12,15-16H,2,6,13-14H2,3H3,(H,24,25)/b23-16+. The average molecular weight is 378 g/mol. The van der Waals surface area contributed by atoms with E-state index in [1.807, 2.05) is 19.1 Å². The SMILES string of the molecule is C#CCOc1ccccc1/C=N/NC(=O)c1ccc(OCC=C)c(OCC)c1. The number of hydrogen-bond donors (Lipinski definition) is 1. The van der Waals surface area contributed by atoms with E-state index in [1.165, 1.54) is 6.21 Å². The zero-order valence-electron chi connectivity index (χ0n) is 15.7. The molecule has 1 amide bonds. The van der Waals surface area contributed by atoms with Gasteiger partial charge in [0.25, 0.3) is 5.91 Å². The minimum absolute atomic E-state index is 0.150. The molecule has 0 unspecified atom stereocenters. The molecule has 0 fully saturated rings. The van der Waals surface area contributed by atoms with Crippen molar-refractivity contribution in [2.24, 2.45) is 5.10 Å². The molecule has 0 aliphatic carbocycles. The summed E-state index contributed by atoms with van der Waals surface area (Å²) >= 11 is 0. The molecule has 0 saturated carbocycles. The Labute approximate surface area is 164 Å². The van der Waals surface area contributed by atoms with Crippen LogP contribution in [0.1, 0.15) is 22.8 Å². The third kappa shape index (κ3) is 5.92. The third-order valence-corrected chi connectivity index (χ3v) is 3.46. The Balaban J connectivity index is 2.08. The number of ether oxygens (including phenoxy) is 3. The fourth-order valence-corrected chi connectivity index (χ4v) is 2.25. The summed E-state index contributed by atoms with van der Waals surface area (Å²) < 4.78 is 16.5. The van der Waals surface area contributed by atoms with Gasteiger partial charge in [0.05, 0.1) is 12.8 Å². The molecule has 28 heavy (non-hydrogen) atoms. The monoisotopic (exact) mass is 378 g/mol. The Kier molecular flexibility index (Phi) is 8.16. The molecule has 0 atom stereocenters. The molecule has 2 rings (SSSR count). The van der Waals surface area contributed by atoms with Crippen LogP contribution in [0.25, 0.3) is 0 Å². The van der Waals surface area contributed by atoms with Crippen molar-refractivity contribution in [3.8, 4) is 29.6 Å². The highest BCUT2D eigenvalue weighted by Crippen LogP contribution is 2.28. The fraction of sp³-hybridized carbons (Fsp3) is 0.182. The van der Waals surface area contributed by atoms with E-state index in [4.69, 9.17) is 20.6 Å². The second-order valence-corrected chi connectivity index (χ2v) is 5.42. The predicted octanol–water partition coefficient (Wildman–Crippen LogP) is 3.43. The van der Waals surface area contributed by atoms with Crippen molar-refractivity contribution >= 4 is 12.1 Å². The van der Waals surface area contributed by atoms with E-state index in [1.54, 1.807) is 36.4 Å². The zero-order valence-corrected chi connectivity index (χ0v) is 15.7. The Morgan fingerprint density at radius 1 is 1.18 bits per heavy atom. The molecule has 2 aromatic rings. The minimum Gasteiger partial charge on any atom is -0.490 e. The minimum atomic E-state index is -0.380. The van der Waals surface area contributed by atoms with E-state index in [-0.39, 0.29) is 12.5 Å². The average Bonchev–Trinajstić information content (AvgIpc) is 2.72. The molecular formula is C22H22N2O4. The van der Waals surface area contributed by atoms with Crippen molar-refractivity contribution in [3.05, 3.63) is 66.2 Å². The second kappa shape index (κ2) is 11.1. The van der Waals surface area contributed by atoms with Gasteiger partial charge in [0, 0.05) is 11.1 Å². The predicted molar refractivity (Wildman–Crippen MR) is 109 cm³/mol. The molecule has 0 radical (unpaired) electrons. The van der Waals surface area contributed by atoms with Gasteiger partial charge in [-0.15, -0.1) is 6.42 Å². The zero-order chi connectivity index (χ0) is 20.2. The summed E-state index contributed by atoms with van der Waals surface area (Å²) in [5, 5.41) is 3.99. The van der Waals surface area contributed by atoms with Crippen LogP contribution in [0.3, 0.4) is 0 Å². The van der Waals surface area contributed by atoms with Crippen LogP contribution < -0.4 is 19.6 Å². The largest absolute Gasteiger partial charge is 0.490 e. The first-order valence-electron chi connectivity index (χ1n) is 8.68. The van der Waals surface area contributed by atoms with Crippen LogP contribution in [0.2, 0.25) is 0 Å². The van der Waals surface area contributed by atoms with Gasteiger partial charge < -0.3 is 14.2 Å². The second-order valence-electron chi connectivity index (χ2n) is 5.42. The van der Waals surface area contributed by atoms with Crippen LogP contribution in [0.15, 0.2) is 60.2 Å². The van der Waals surface area contributed by atoms with Crippen molar-refractivity contribution in [3.63, 3.8) is 0 Å². The Bertz CT molecular complexity index is 884. The summed E-state index contributed by atoms with van der Waals surface area (Å²) in [6, 6.07) is 12.2. The third-order valence-electron chi connectivity index (χ3n) is 3.46. The fourth-order valence-electron chi connectivity index (χ4n) is 2.25. The van der Waals surface area contributed by atoms with E-state index >= 15 is 0 Å². The van der Waals surface area contributed by atoms with Gasteiger partial charge in [0.2, 0.25) is 0 Å². The summed E-state index contributed by atoms with van der Waals surface area (Å²) in [7, 11) is 0. The van der Waals surface area contributed by atoms with E-state index in [0.717, 1.165) is 0 Å². The lowest BCUT2D eigenvalue weighted by Gasteiger charge is -2.12. The lowest BCUT2D eigenvalue weighted by atomic mass is 10.2. The van der Waals surface area contributed by atoms with Gasteiger partial charge in [-0.2, -0.15) is 5.10 Å². The number of terminal acetylenes is 1. The number of nitrogens with one attached hydrogen (secondary N) is 1. The van der Waals surface area contributed by atoms with Crippen LogP contribution in [-0.2, 0) is 0 Å². The molecule has 6 heteroatoms. The smallest absolute Gasteiger partial charge is 0.271 e. The molecule has 144 valence electrons. The summed E-state index contributed by atoms with van der Waals surface area (Å²) in [5.41, 5.74) is 3.57. The molecule has 0 aliphatic rings. The maximum atomic E-state index is 12.4. The molecule has 0 saturated heterocycles. The van der Waals surface area contributed by atoms with Crippen molar-refractivity contribution in [1.82, 2.24) is 5.43 Å². The van der Waals surface area contributed by atoms with Crippen LogP contribution in [-0.4, -0.2) is 31.9 Å². The Morgan fingerprint density at radius 3 is 2.75 bits per heavy atom. The Hall–Kier alpha value is -3.72. The number of para-hydroxylation sites is 1. The number of amides is 1. The van der Waals surface area contributed by atoms with Crippen molar-refractivity contribution in [2.75, 3.05) is 19.8 Å². The maximum Gasteiger partial charge on any atom is 0.271 e. The molecule has 2 aromatic carbocycles. The highest BCUT2D eigenvalue weighted by molar-refractivity contribution is 5.95. The van der Waals surface area contributed by atoms with Crippen LogP contribution in [0, 0.1) is 12.3 Å². The van der Waals surface area contributed by atoms with E-state index < -0.39 is 0 Å². The summed E-state index contributed by atoms with van der Waals surface area (Å²) in [6.07, 6.45) is 8.34. The molecule has 1 N–H and O–H groups in total. The first-order valence-corrected chi connectivity index (χ1v) is 8.68. The quantitative estimate of drug-likeness (QED) is 0.298. The highest BCUT2D eigenvalue weighted by Gasteiger charge is 2.11. The summed E-state index contributed by atoms with van der Waals surface area (Å²) in [4.78, 5) is 12.4. The number of carbonyl (C=O) groups is 1. The lowest BCUT2D eigenvalue weighted by Crippen LogP contribution is -2.18. The topological polar surface area (TPSA) is 69.2 Å². The number of benzene rings is 2. The van der Waals surface area contributed by atoms with Gasteiger partial charge in [0.15, 0.2) is 11.5 Å². The lowest BCUT2D eigenvalue weighted by molar-refractivity contribution is 0.0954. The van der Waals surface area contributed by atoms with E-state index in [0.29, 0.717) is 41.6 Å². The van der Waals surface area contributed by atoms with E-state index in [2.05, 4.69) is 23.0 Å². The Morgan fingerprint density at radius 2 is 2.00 bits per heavy atom. The van der Waals surface area contributed by atoms with Crippen LogP contribution in [0.4, 0.5) is 0 Å². The van der Waals surface area contributed by atoms with Crippen molar-refractivity contribution in [1.29, 1.82) is 0 Å². The molecule has 0 heterocycles. The van der Waals surface area contributed by atoms with Gasteiger partial charge in [-0.05, 0) is 37.3 Å². The molecule has 0 spiro atoms. The first kappa shape index (κ1) is 20.6. The van der Waals surface area contributed by atoms with Gasteiger partial charge in [-0.1, -0.05) is 30.7 Å². The number of nitrogens with zero attached hydrogens (tertiary/aromatic N) is 1. The molecular weight excluding hydrogens is 356 g/mol. The summed E-state index contributed by atoms with van der Waals surface area (Å²) in [6.45, 7) is 6.41. The highest BCUT2D eigenvalue weighted by atomic mass is 16.5. The van der Waals surface area contributed by atoms with Crippen molar-refractivity contribution < 1.29 is 19.0 Å². The van der Waals surface area contributed by atoms with E-state index in [9.17, 15) is 4.79 Å². The summed E-state index contributed by atoms with van der Waals surface area (Å²) in [5.74, 6) is 3.64. The van der Waals surface area contributed by atoms with Gasteiger partial charge in [0.1, 0.15) is 19.0 Å². The maximum absolute atomic E-state index is 12.4. The van der Waals surface area contributed by atoms with Gasteiger partial charge >= 0.3 is 0 Å². The number of carbonyl (C=O) groups excluding carboxylic acids is 1. The number of hydrogen-bond acceptors (Lipinski definition) is 5. The normalized spacial score (nSPS) is 10.1. The van der Waals surface area contributed by atoms with Crippen LogP contribution >= 0.6 is 0 Å². The van der Waals surface area contributed by atoms with Crippen molar-refractivity contribution in [2.45, 2.75) is 6.92 Å². The van der Waals surface area contributed by atoms with Gasteiger partial charge in [-0.25, -0.2) is 5.43 Å². The number of rotatable bonds is 10. The molecule has 6 nitrogen and oxygen atoms in total.